The van der Waals surface area contributed by atoms with Gasteiger partial charge in [0.2, 0.25) is 5.91 Å². The van der Waals surface area contributed by atoms with E-state index < -0.39 is 14.4 Å². The number of hydrogen-bond donors (Lipinski definition) is 0. The molecule has 0 saturated carbocycles. The van der Waals surface area contributed by atoms with Crippen LogP contribution in [0.25, 0.3) is 0 Å². The molecule has 0 N–H and O–H groups in total. The highest BCUT2D eigenvalue weighted by molar-refractivity contribution is 6.99. The van der Waals surface area contributed by atoms with Gasteiger partial charge < -0.3 is 13.9 Å². The zero-order valence-electron chi connectivity index (χ0n) is 21.1. The second kappa shape index (κ2) is 11.1. The summed E-state index contributed by atoms with van der Waals surface area (Å²) in [4.78, 5) is 25.2. The minimum atomic E-state index is -2.53. The first-order valence-electron chi connectivity index (χ1n) is 12.6. The van der Waals surface area contributed by atoms with Crippen LogP contribution < -0.4 is 10.4 Å². The van der Waals surface area contributed by atoms with E-state index in [0.29, 0.717) is 25.7 Å². The molecule has 2 aromatic carbocycles. The molecule has 2 fully saturated rings. The molecule has 0 unspecified atom stereocenters. The first-order valence-corrected chi connectivity index (χ1v) is 14.6. The van der Waals surface area contributed by atoms with Crippen LogP contribution in [-0.2, 0) is 18.7 Å². The Morgan fingerprint density at radius 3 is 2.14 bits per heavy atom. The van der Waals surface area contributed by atoms with Crippen LogP contribution in [0.1, 0.15) is 46.5 Å². The summed E-state index contributed by atoms with van der Waals surface area (Å²) in [7, 11) is -2.53. The van der Waals surface area contributed by atoms with Gasteiger partial charge in [-0.05, 0) is 40.6 Å². The summed E-state index contributed by atoms with van der Waals surface area (Å²) < 4.78 is 17.9. The highest BCUT2D eigenvalue weighted by atomic mass is 28.4. The number of carbonyl (C=O) groups excluding carboxylic acids is 2. The smallest absolute Gasteiger partial charge is 0.416 e. The van der Waals surface area contributed by atoms with Gasteiger partial charge in [0.1, 0.15) is 6.61 Å². The third-order valence-corrected chi connectivity index (χ3v) is 12.2. The molecule has 2 aliphatic rings. The second-order valence-electron chi connectivity index (χ2n) is 10.6. The molecule has 2 aliphatic heterocycles. The van der Waals surface area contributed by atoms with Crippen molar-refractivity contribution in [3.8, 4) is 0 Å². The van der Waals surface area contributed by atoms with Gasteiger partial charge in [-0.15, -0.1) is 0 Å². The summed E-state index contributed by atoms with van der Waals surface area (Å²) in [6.07, 6.45) is 2.29. The molecule has 0 aliphatic carbocycles. The number of cyclic esters (lactones) is 1. The molecule has 7 heteroatoms. The van der Waals surface area contributed by atoms with Crippen molar-refractivity contribution in [1.82, 2.24) is 4.90 Å². The number of imide groups is 1. The van der Waals surface area contributed by atoms with Crippen molar-refractivity contribution in [2.45, 2.75) is 57.6 Å². The zero-order chi connectivity index (χ0) is 24.9. The maximum Gasteiger partial charge on any atom is 0.416 e. The SMILES string of the molecule is CC(C)(C)[Si](OCC[C@H]1CC[C@@H](CC(=O)N2CCOC2=O)OC1)(c1ccccc1)c1ccccc1. The molecule has 2 saturated heterocycles. The van der Waals surface area contributed by atoms with E-state index in [1.807, 2.05) is 0 Å². The maximum atomic E-state index is 12.4. The van der Waals surface area contributed by atoms with Crippen molar-refractivity contribution in [2.75, 3.05) is 26.4 Å². The molecule has 2 atom stereocenters. The van der Waals surface area contributed by atoms with Gasteiger partial charge >= 0.3 is 6.09 Å². The van der Waals surface area contributed by atoms with Crippen LogP contribution in [0.4, 0.5) is 4.79 Å². The van der Waals surface area contributed by atoms with E-state index in [1.165, 1.54) is 15.3 Å². The fourth-order valence-electron chi connectivity index (χ4n) is 5.31. The minimum absolute atomic E-state index is 0.0407. The lowest BCUT2D eigenvalue weighted by atomic mass is 9.94. The summed E-state index contributed by atoms with van der Waals surface area (Å²) in [5.41, 5.74) is 0. The third kappa shape index (κ3) is 5.68. The molecule has 2 amide bonds. The molecule has 188 valence electrons. The van der Waals surface area contributed by atoms with E-state index in [9.17, 15) is 9.59 Å². The van der Waals surface area contributed by atoms with Crippen molar-refractivity contribution in [2.24, 2.45) is 5.92 Å². The third-order valence-electron chi connectivity index (χ3n) is 7.19. The minimum Gasteiger partial charge on any atom is -0.447 e. The molecular formula is C28H37NO5Si. The fourth-order valence-corrected chi connectivity index (χ4v) is 9.89. The Kier molecular flexibility index (Phi) is 8.09. The number of carbonyl (C=O) groups is 2. The van der Waals surface area contributed by atoms with Gasteiger partial charge in [-0.1, -0.05) is 81.4 Å². The van der Waals surface area contributed by atoms with E-state index in [1.54, 1.807) is 0 Å². The maximum absolute atomic E-state index is 12.4. The predicted molar refractivity (Wildman–Crippen MR) is 138 cm³/mol. The average molecular weight is 496 g/mol. The monoisotopic (exact) mass is 495 g/mol. The summed E-state index contributed by atoms with van der Waals surface area (Å²) in [6, 6.07) is 21.4. The Morgan fingerprint density at radius 2 is 1.66 bits per heavy atom. The molecule has 6 nitrogen and oxygen atoms in total. The Hall–Kier alpha value is -2.48. The Balaban J connectivity index is 1.37. The Morgan fingerprint density at radius 1 is 1.03 bits per heavy atom. The molecule has 2 aromatic rings. The molecule has 0 radical (unpaired) electrons. The predicted octanol–water partition coefficient (Wildman–Crippen LogP) is 4.12. The Labute approximate surface area is 209 Å². The molecule has 0 aromatic heterocycles. The first-order chi connectivity index (χ1) is 16.8. The lowest BCUT2D eigenvalue weighted by Crippen LogP contribution is -2.66. The lowest BCUT2D eigenvalue weighted by Gasteiger charge is -2.43. The largest absolute Gasteiger partial charge is 0.447 e. The van der Waals surface area contributed by atoms with Crippen LogP contribution in [0, 0.1) is 5.92 Å². The van der Waals surface area contributed by atoms with Gasteiger partial charge in [0.05, 0.1) is 19.1 Å². The van der Waals surface area contributed by atoms with Crippen molar-refractivity contribution in [3.63, 3.8) is 0 Å². The lowest BCUT2D eigenvalue weighted by molar-refractivity contribution is -0.132. The van der Waals surface area contributed by atoms with E-state index in [4.69, 9.17) is 13.9 Å². The first kappa shape index (κ1) is 25.6. The zero-order valence-corrected chi connectivity index (χ0v) is 22.1. The van der Waals surface area contributed by atoms with E-state index in [2.05, 4.69) is 81.4 Å². The second-order valence-corrected chi connectivity index (χ2v) is 14.9. The number of hydrogen-bond acceptors (Lipinski definition) is 5. The quantitative estimate of drug-likeness (QED) is 0.516. The highest BCUT2D eigenvalue weighted by Gasteiger charge is 2.50. The van der Waals surface area contributed by atoms with E-state index >= 15 is 0 Å². The van der Waals surface area contributed by atoms with E-state index in [0.717, 1.165) is 19.3 Å². The standard InChI is InChI=1S/C28H37NO5Si/c1-28(2,3)35(24-10-6-4-7-11-24,25-12-8-5-9-13-25)34-18-16-22-14-15-23(33-21-22)20-26(30)29-17-19-32-27(29)31/h4-13,22-23H,14-21H2,1-3H3/t22-,23+/m1/s1. The van der Waals surface area contributed by atoms with Crippen molar-refractivity contribution in [3.05, 3.63) is 60.7 Å². The summed E-state index contributed by atoms with van der Waals surface area (Å²) in [5.74, 6) is 0.197. The number of rotatable bonds is 8. The van der Waals surface area contributed by atoms with Gasteiger partial charge in [0.15, 0.2) is 0 Å². The van der Waals surface area contributed by atoms with Gasteiger partial charge in [-0.3, -0.25) is 4.79 Å². The molecule has 35 heavy (non-hydrogen) atoms. The Bertz CT molecular complexity index is 944. The number of nitrogens with zero attached hydrogens (tertiary/aromatic N) is 1. The molecular weight excluding hydrogens is 458 g/mol. The number of amides is 2. The molecule has 2 heterocycles. The fraction of sp³-hybridized carbons (Fsp3) is 0.500. The molecule has 0 bridgehead atoms. The average Bonchev–Trinajstić information content (AvgIpc) is 3.29. The van der Waals surface area contributed by atoms with Crippen molar-refractivity contribution < 1.29 is 23.5 Å². The van der Waals surface area contributed by atoms with E-state index in [-0.39, 0.29) is 30.1 Å². The van der Waals surface area contributed by atoms with Crippen LogP contribution in [0.3, 0.4) is 0 Å². The van der Waals surface area contributed by atoms with Gasteiger partial charge in [0, 0.05) is 13.2 Å². The number of benzene rings is 2. The van der Waals surface area contributed by atoms with Crippen LogP contribution in [0.5, 0.6) is 0 Å². The van der Waals surface area contributed by atoms with Crippen LogP contribution in [-0.4, -0.2) is 57.7 Å². The molecule has 4 rings (SSSR count). The van der Waals surface area contributed by atoms with Gasteiger partial charge in [-0.2, -0.15) is 0 Å². The summed E-state index contributed by atoms with van der Waals surface area (Å²) >= 11 is 0. The van der Waals surface area contributed by atoms with Crippen LogP contribution >= 0.6 is 0 Å². The molecule has 0 spiro atoms. The van der Waals surface area contributed by atoms with Gasteiger partial charge in [0.25, 0.3) is 8.32 Å². The normalized spacial score (nSPS) is 21.1. The summed E-state index contributed by atoms with van der Waals surface area (Å²) in [5, 5.41) is 2.54. The van der Waals surface area contributed by atoms with Crippen molar-refractivity contribution in [1.29, 1.82) is 0 Å². The van der Waals surface area contributed by atoms with Crippen LogP contribution in [0.15, 0.2) is 60.7 Å². The highest BCUT2D eigenvalue weighted by Crippen LogP contribution is 2.37. The van der Waals surface area contributed by atoms with Gasteiger partial charge in [-0.25, -0.2) is 9.69 Å². The summed E-state index contributed by atoms with van der Waals surface area (Å²) in [6.45, 7) is 8.79. The van der Waals surface area contributed by atoms with Crippen molar-refractivity contribution >= 4 is 30.7 Å². The number of ether oxygens (including phenoxy) is 2. The van der Waals surface area contributed by atoms with Crippen LogP contribution in [0.2, 0.25) is 5.04 Å². The topological polar surface area (TPSA) is 65.1 Å².